The molecule has 6 nitrogen and oxygen atoms in total. The summed E-state index contributed by atoms with van der Waals surface area (Å²) in [5.41, 5.74) is 1.07. The first-order chi connectivity index (χ1) is 11.9. The quantitative estimate of drug-likeness (QED) is 0.797. The van der Waals surface area contributed by atoms with Crippen LogP contribution in [0.15, 0.2) is 30.3 Å². The van der Waals surface area contributed by atoms with Crippen molar-refractivity contribution >= 4 is 17.8 Å². The van der Waals surface area contributed by atoms with E-state index in [2.05, 4.69) is 5.32 Å². The Kier molecular flexibility index (Phi) is 6.56. The largest absolute Gasteiger partial charge is 0.466 e. The summed E-state index contributed by atoms with van der Waals surface area (Å²) in [6, 6.07) is 9.66. The zero-order valence-corrected chi connectivity index (χ0v) is 14.9. The van der Waals surface area contributed by atoms with E-state index in [-0.39, 0.29) is 54.9 Å². The van der Waals surface area contributed by atoms with Crippen LogP contribution < -0.4 is 5.32 Å². The molecule has 4 atom stereocenters. The van der Waals surface area contributed by atoms with Crippen molar-refractivity contribution in [3.05, 3.63) is 35.9 Å². The summed E-state index contributed by atoms with van der Waals surface area (Å²) in [5, 5.41) is 3.01. The second-order valence-electron chi connectivity index (χ2n) is 6.52. The molecule has 1 aromatic carbocycles. The minimum Gasteiger partial charge on any atom is -0.466 e. The van der Waals surface area contributed by atoms with Gasteiger partial charge in [-0.25, -0.2) is 0 Å². The molecule has 0 aromatic heterocycles. The summed E-state index contributed by atoms with van der Waals surface area (Å²) in [4.78, 5) is 34.2. The van der Waals surface area contributed by atoms with Crippen LogP contribution in [0.2, 0.25) is 0 Å². The van der Waals surface area contributed by atoms with Gasteiger partial charge in [0, 0.05) is 44.6 Å². The van der Waals surface area contributed by atoms with Crippen molar-refractivity contribution in [2.45, 2.75) is 39.2 Å². The molecule has 1 fully saturated rings. The first kappa shape index (κ1) is 19.0. The summed E-state index contributed by atoms with van der Waals surface area (Å²) in [5.74, 6) is -0.799. The maximum Gasteiger partial charge on any atom is 0.302 e. The van der Waals surface area contributed by atoms with E-state index in [1.54, 1.807) is 0 Å². The van der Waals surface area contributed by atoms with Crippen LogP contribution in [0.25, 0.3) is 0 Å². The van der Waals surface area contributed by atoms with Gasteiger partial charge < -0.3 is 14.8 Å². The van der Waals surface area contributed by atoms with Crippen molar-refractivity contribution in [1.82, 2.24) is 5.32 Å². The first-order valence-corrected chi connectivity index (χ1v) is 8.47. The zero-order valence-electron chi connectivity index (χ0n) is 14.9. The summed E-state index contributed by atoms with van der Waals surface area (Å²) >= 11 is 0. The Morgan fingerprint density at radius 3 is 2.04 bits per heavy atom. The fourth-order valence-corrected chi connectivity index (χ4v) is 3.66. The predicted octanol–water partition coefficient (Wildman–Crippen LogP) is 2.04. The highest BCUT2D eigenvalue weighted by molar-refractivity contribution is 5.73. The Morgan fingerprint density at radius 1 is 0.960 bits per heavy atom. The molecule has 0 unspecified atom stereocenters. The lowest BCUT2D eigenvalue weighted by Crippen LogP contribution is -2.42. The van der Waals surface area contributed by atoms with Gasteiger partial charge in [-0.2, -0.15) is 0 Å². The number of benzene rings is 1. The fraction of sp³-hybridized carbons (Fsp3) is 0.526. The van der Waals surface area contributed by atoms with E-state index in [1.165, 1.54) is 20.8 Å². The molecule has 25 heavy (non-hydrogen) atoms. The number of ether oxygens (including phenoxy) is 2. The maximum atomic E-state index is 11.7. The third-order valence-electron chi connectivity index (χ3n) is 4.56. The average Bonchev–Trinajstić information content (AvgIpc) is 2.88. The molecular weight excluding hydrogens is 322 g/mol. The van der Waals surface area contributed by atoms with Gasteiger partial charge in [0.25, 0.3) is 0 Å². The Morgan fingerprint density at radius 2 is 1.52 bits per heavy atom. The third kappa shape index (κ3) is 5.31. The number of amides is 1. The molecule has 0 aliphatic heterocycles. The van der Waals surface area contributed by atoms with Gasteiger partial charge in [-0.3, -0.25) is 14.4 Å². The molecule has 2 rings (SSSR count). The monoisotopic (exact) mass is 347 g/mol. The van der Waals surface area contributed by atoms with Crippen molar-refractivity contribution < 1.29 is 23.9 Å². The number of hydrogen-bond donors (Lipinski definition) is 1. The number of hydrogen-bond acceptors (Lipinski definition) is 5. The van der Waals surface area contributed by atoms with Gasteiger partial charge in [0.2, 0.25) is 5.91 Å². The molecule has 0 bridgehead atoms. The molecule has 0 heterocycles. The highest BCUT2D eigenvalue weighted by atomic mass is 16.5. The molecule has 1 saturated carbocycles. The molecule has 1 aliphatic rings. The molecule has 0 radical (unpaired) electrons. The minimum atomic E-state index is -0.346. The first-order valence-electron chi connectivity index (χ1n) is 8.47. The number of carbonyl (C=O) groups excluding carboxylic acids is 3. The standard InChI is InChI=1S/C19H25NO5/c1-12(21)20-19-17(11-25-14(3)23)9-16(10-24-13(2)22)18(19)15-7-5-4-6-8-15/h4-8,16-19H,9-11H2,1-3H3,(H,20,21)/t16-,17+,18-,19-/m1/s1. The van der Waals surface area contributed by atoms with E-state index in [0.29, 0.717) is 6.42 Å². The van der Waals surface area contributed by atoms with Crippen LogP contribution in [-0.4, -0.2) is 37.1 Å². The van der Waals surface area contributed by atoms with E-state index in [1.807, 2.05) is 30.3 Å². The lowest BCUT2D eigenvalue weighted by molar-refractivity contribution is -0.142. The summed E-state index contributed by atoms with van der Waals surface area (Å²) in [6.45, 7) is 4.74. The molecule has 0 spiro atoms. The van der Waals surface area contributed by atoms with E-state index < -0.39 is 0 Å². The SMILES string of the molecule is CC(=O)N[C@@H]1[C@H](COC(C)=O)C[C@H](COC(C)=O)[C@H]1c1ccccc1. The Labute approximate surface area is 147 Å². The van der Waals surface area contributed by atoms with Crippen LogP contribution in [0.3, 0.4) is 0 Å². The van der Waals surface area contributed by atoms with Gasteiger partial charge in [0.05, 0.1) is 13.2 Å². The second-order valence-corrected chi connectivity index (χ2v) is 6.52. The van der Waals surface area contributed by atoms with E-state index in [4.69, 9.17) is 9.47 Å². The van der Waals surface area contributed by atoms with Crippen LogP contribution in [0, 0.1) is 11.8 Å². The Bertz CT molecular complexity index is 616. The van der Waals surface area contributed by atoms with Gasteiger partial charge in [0.1, 0.15) is 0 Å². The van der Waals surface area contributed by atoms with Gasteiger partial charge in [-0.15, -0.1) is 0 Å². The van der Waals surface area contributed by atoms with Crippen molar-refractivity contribution in [3.63, 3.8) is 0 Å². The second kappa shape index (κ2) is 8.65. The van der Waals surface area contributed by atoms with Gasteiger partial charge in [0.15, 0.2) is 0 Å². The molecule has 1 aromatic rings. The fourth-order valence-electron chi connectivity index (χ4n) is 3.66. The molecule has 136 valence electrons. The van der Waals surface area contributed by atoms with Crippen molar-refractivity contribution in [3.8, 4) is 0 Å². The lowest BCUT2D eigenvalue weighted by atomic mass is 9.86. The highest BCUT2D eigenvalue weighted by Gasteiger charge is 2.45. The van der Waals surface area contributed by atoms with Crippen molar-refractivity contribution in [2.75, 3.05) is 13.2 Å². The van der Waals surface area contributed by atoms with Crippen LogP contribution in [-0.2, 0) is 23.9 Å². The molecule has 1 amide bonds. The molecule has 6 heteroatoms. The van der Waals surface area contributed by atoms with Crippen LogP contribution in [0.1, 0.15) is 38.7 Å². The maximum absolute atomic E-state index is 11.7. The highest BCUT2D eigenvalue weighted by Crippen LogP contribution is 2.43. The lowest BCUT2D eigenvalue weighted by Gasteiger charge is -2.28. The normalized spacial score (nSPS) is 25.2. The Balaban J connectivity index is 2.28. The third-order valence-corrected chi connectivity index (χ3v) is 4.56. The van der Waals surface area contributed by atoms with Crippen molar-refractivity contribution in [1.29, 1.82) is 0 Å². The van der Waals surface area contributed by atoms with Crippen molar-refractivity contribution in [2.24, 2.45) is 11.8 Å². The van der Waals surface area contributed by atoms with Crippen LogP contribution in [0.4, 0.5) is 0 Å². The topological polar surface area (TPSA) is 81.7 Å². The van der Waals surface area contributed by atoms with Gasteiger partial charge in [-0.05, 0) is 12.0 Å². The number of esters is 2. The van der Waals surface area contributed by atoms with E-state index in [9.17, 15) is 14.4 Å². The van der Waals surface area contributed by atoms with Gasteiger partial charge in [-0.1, -0.05) is 30.3 Å². The number of carbonyl (C=O) groups is 3. The summed E-state index contributed by atoms with van der Waals surface area (Å²) in [7, 11) is 0. The average molecular weight is 347 g/mol. The zero-order chi connectivity index (χ0) is 18.4. The molecular formula is C19H25NO5. The van der Waals surface area contributed by atoms with E-state index >= 15 is 0 Å². The number of nitrogens with one attached hydrogen (secondary N) is 1. The van der Waals surface area contributed by atoms with E-state index in [0.717, 1.165) is 5.56 Å². The molecule has 1 aliphatic carbocycles. The Hall–Kier alpha value is -2.37. The summed E-state index contributed by atoms with van der Waals surface area (Å²) < 4.78 is 10.4. The number of rotatable bonds is 6. The molecule has 1 N–H and O–H groups in total. The van der Waals surface area contributed by atoms with Gasteiger partial charge >= 0.3 is 11.9 Å². The van der Waals surface area contributed by atoms with Crippen LogP contribution >= 0.6 is 0 Å². The minimum absolute atomic E-state index is 0.00925. The predicted molar refractivity (Wildman–Crippen MR) is 91.7 cm³/mol. The molecule has 0 saturated heterocycles. The van der Waals surface area contributed by atoms with Crippen LogP contribution in [0.5, 0.6) is 0 Å². The smallest absolute Gasteiger partial charge is 0.302 e. The summed E-state index contributed by atoms with van der Waals surface area (Å²) in [6.07, 6.45) is 0.699.